The first-order chi connectivity index (χ1) is 14.2. The normalized spacial score (nSPS) is 19.8. The van der Waals surface area contributed by atoms with Crippen LogP contribution in [0.25, 0.3) is 11.0 Å². The van der Waals surface area contributed by atoms with Gasteiger partial charge in [-0.05, 0) is 49.9 Å². The number of fused-ring (bicyclic) bond motifs is 1. The molecule has 0 saturated carbocycles. The predicted octanol–water partition coefficient (Wildman–Crippen LogP) is 3.59. The van der Waals surface area contributed by atoms with Crippen molar-refractivity contribution >= 4 is 22.8 Å². The van der Waals surface area contributed by atoms with Gasteiger partial charge in [-0.15, -0.1) is 0 Å². The van der Waals surface area contributed by atoms with Crippen molar-refractivity contribution in [1.82, 2.24) is 19.4 Å². The van der Waals surface area contributed by atoms with Crippen LogP contribution in [0.5, 0.6) is 0 Å². The highest BCUT2D eigenvalue weighted by Gasteiger charge is 2.30. The molecule has 2 saturated heterocycles. The van der Waals surface area contributed by atoms with E-state index in [4.69, 9.17) is 4.98 Å². The monoisotopic (exact) mass is 389 g/mol. The minimum absolute atomic E-state index is 0.121. The molecule has 0 radical (unpaired) electrons. The van der Waals surface area contributed by atoms with E-state index in [1.54, 1.807) is 6.20 Å². The first-order valence-corrected chi connectivity index (χ1v) is 10.6. The number of hydrogen-bond donors (Lipinski definition) is 0. The summed E-state index contributed by atoms with van der Waals surface area (Å²) < 4.78 is 2.22. The summed E-state index contributed by atoms with van der Waals surface area (Å²) in [7, 11) is 2.10. The van der Waals surface area contributed by atoms with E-state index in [1.807, 2.05) is 23.1 Å². The van der Waals surface area contributed by atoms with Crippen LogP contribution >= 0.6 is 0 Å². The number of amides is 1. The van der Waals surface area contributed by atoms with Gasteiger partial charge in [0.05, 0.1) is 16.6 Å². The van der Waals surface area contributed by atoms with Gasteiger partial charge in [-0.1, -0.05) is 12.1 Å². The molecule has 3 aromatic rings. The summed E-state index contributed by atoms with van der Waals surface area (Å²) >= 11 is 0. The van der Waals surface area contributed by atoms with Gasteiger partial charge in [-0.25, -0.2) is 9.97 Å². The van der Waals surface area contributed by atoms with E-state index in [1.165, 1.54) is 5.52 Å². The number of carbonyl (C=O) groups is 1. The molecular weight excluding hydrogens is 362 g/mol. The van der Waals surface area contributed by atoms with Gasteiger partial charge in [0.2, 0.25) is 0 Å². The Morgan fingerprint density at radius 2 is 1.86 bits per heavy atom. The zero-order valence-corrected chi connectivity index (χ0v) is 16.9. The van der Waals surface area contributed by atoms with Crippen molar-refractivity contribution < 1.29 is 4.79 Å². The third kappa shape index (κ3) is 3.26. The van der Waals surface area contributed by atoms with Crippen LogP contribution in [0, 0.1) is 0 Å². The molecule has 0 bridgehead atoms. The number of aromatic nitrogens is 3. The van der Waals surface area contributed by atoms with Crippen LogP contribution < -0.4 is 4.90 Å². The van der Waals surface area contributed by atoms with E-state index < -0.39 is 0 Å². The van der Waals surface area contributed by atoms with Crippen molar-refractivity contribution in [2.24, 2.45) is 7.05 Å². The van der Waals surface area contributed by atoms with Crippen molar-refractivity contribution in [3.63, 3.8) is 0 Å². The molecule has 2 fully saturated rings. The van der Waals surface area contributed by atoms with Crippen LogP contribution in [0.15, 0.2) is 42.6 Å². The highest BCUT2D eigenvalue weighted by molar-refractivity contribution is 5.99. The van der Waals surface area contributed by atoms with Gasteiger partial charge in [0, 0.05) is 45.3 Å². The summed E-state index contributed by atoms with van der Waals surface area (Å²) in [6.45, 7) is 3.48. The lowest BCUT2D eigenvalue weighted by molar-refractivity contribution is 0.0793. The molecule has 0 spiro atoms. The van der Waals surface area contributed by atoms with E-state index in [0.717, 1.165) is 74.6 Å². The smallest absolute Gasteiger partial charge is 0.257 e. The number of piperidine rings is 1. The van der Waals surface area contributed by atoms with Crippen LogP contribution in [0.4, 0.5) is 5.82 Å². The summed E-state index contributed by atoms with van der Waals surface area (Å²) in [6.07, 6.45) is 6.17. The highest BCUT2D eigenvalue weighted by atomic mass is 16.2. The molecule has 1 amide bonds. The Hall–Kier alpha value is -2.89. The van der Waals surface area contributed by atoms with Crippen LogP contribution in [0.3, 0.4) is 0 Å². The summed E-state index contributed by atoms with van der Waals surface area (Å²) in [5, 5.41) is 0. The summed E-state index contributed by atoms with van der Waals surface area (Å²) in [5.41, 5.74) is 2.95. The summed E-state index contributed by atoms with van der Waals surface area (Å²) in [6, 6.07) is 12.1. The van der Waals surface area contributed by atoms with Gasteiger partial charge in [-0.2, -0.15) is 0 Å². The van der Waals surface area contributed by atoms with E-state index in [2.05, 4.69) is 39.7 Å². The summed E-state index contributed by atoms with van der Waals surface area (Å²) in [4.78, 5) is 26.9. The van der Waals surface area contributed by atoms with Crippen molar-refractivity contribution in [2.45, 2.75) is 31.6 Å². The molecule has 150 valence electrons. The Bertz CT molecular complexity index is 1040. The zero-order valence-electron chi connectivity index (χ0n) is 16.9. The molecule has 2 aliphatic heterocycles. The standard InChI is InChI=1S/C23H27N5O/c1-26-20-11-3-2-10-19(20)25-21(26)17-8-7-15-28(16-17)22-18(9-6-12-24-22)23(29)27-13-4-5-14-27/h2-3,6,9-12,17H,4-5,7-8,13-16H2,1H3. The Morgan fingerprint density at radius 3 is 2.69 bits per heavy atom. The van der Waals surface area contributed by atoms with Crippen LogP contribution in [-0.2, 0) is 7.05 Å². The molecule has 2 aliphatic rings. The van der Waals surface area contributed by atoms with Crippen LogP contribution in [0.1, 0.15) is 47.8 Å². The number of imidazole rings is 1. The number of pyridine rings is 1. The average Bonchev–Trinajstić information content (AvgIpc) is 3.42. The molecule has 0 N–H and O–H groups in total. The van der Waals surface area contributed by atoms with Gasteiger partial charge < -0.3 is 14.4 Å². The number of anilines is 1. The molecule has 5 rings (SSSR count). The number of benzene rings is 1. The average molecular weight is 390 g/mol. The second-order valence-corrected chi connectivity index (χ2v) is 8.18. The lowest BCUT2D eigenvalue weighted by Crippen LogP contribution is -2.38. The molecule has 4 heterocycles. The molecular formula is C23H27N5O. The fourth-order valence-corrected chi connectivity index (χ4v) is 4.82. The number of carbonyl (C=O) groups excluding carboxylic acids is 1. The van der Waals surface area contributed by atoms with E-state index >= 15 is 0 Å². The maximum Gasteiger partial charge on any atom is 0.257 e. The fraction of sp³-hybridized carbons (Fsp3) is 0.435. The molecule has 0 aliphatic carbocycles. The van der Waals surface area contributed by atoms with Gasteiger partial charge in [0.25, 0.3) is 5.91 Å². The van der Waals surface area contributed by atoms with E-state index in [9.17, 15) is 4.79 Å². The van der Waals surface area contributed by atoms with E-state index in [0.29, 0.717) is 5.92 Å². The first kappa shape index (κ1) is 18.2. The van der Waals surface area contributed by atoms with Crippen LogP contribution in [-0.4, -0.2) is 51.5 Å². The number of aryl methyl sites for hydroxylation is 1. The SMILES string of the molecule is Cn1c(C2CCCN(c3ncccc3C(=O)N3CCCC3)C2)nc2ccccc21. The third-order valence-corrected chi connectivity index (χ3v) is 6.32. The molecule has 1 unspecified atom stereocenters. The first-order valence-electron chi connectivity index (χ1n) is 10.6. The van der Waals surface area contributed by atoms with Crippen molar-refractivity contribution in [3.8, 4) is 0 Å². The topological polar surface area (TPSA) is 54.3 Å². The van der Waals surface area contributed by atoms with Crippen molar-refractivity contribution in [3.05, 3.63) is 54.0 Å². The number of rotatable bonds is 3. The number of hydrogen-bond acceptors (Lipinski definition) is 4. The van der Waals surface area contributed by atoms with Gasteiger partial charge >= 0.3 is 0 Å². The summed E-state index contributed by atoms with van der Waals surface area (Å²) in [5.74, 6) is 2.40. The molecule has 2 aromatic heterocycles. The molecule has 1 aromatic carbocycles. The Balaban J connectivity index is 1.44. The zero-order chi connectivity index (χ0) is 19.8. The lowest BCUT2D eigenvalue weighted by atomic mass is 9.96. The molecule has 1 atom stereocenters. The fourth-order valence-electron chi connectivity index (χ4n) is 4.82. The van der Waals surface area contributed by atoms with Crippen molar-refractivity contribution in [2.75, 3.05) is 31.1 Å². The maximum absolute atomic E-state index is 13.1. The minimum Gasteiger partial charge on any atom is -0.355 e. The second-order valence-electron chi connectivity index (χ2n) is 8.18. The lowest BCUT2D eigenvalue weighted by Gasteiger charge is -2.34. The highest BCUT2D eigenvalue weighted by Crippen LogP contribution is 2.32. The number of likely N-dealkylation sites (tertiary alicyclic amines) is 1. The molecule has 6 nitrogen and oxygen atoms in total. The van der Waals surface area contributed by atoms with Gasteiger partial charge in [0.1, 0.15) is 11.6 Å². The Morgan fingerprint density at radius 1 is 1.03 bits per heavy atom. The molecule has 6 heteroatoms. The van der Waals surface area contributed by atoms with Gasteiger partial charge in [0.15, 0.2) is 0 Å². The van der Waals surface area contributed by atoms with Crippen molar-refractivity contribution in [1.29, 1.82) is 0 Å². The van der Waals surface area contributed by atoms with Gasteiger partial charge in [-0.3, -0.25) is 4.79 Å². The number of nitrogens with zero attached hydrogens (tertiary/aromatic N) is 5. The quantitative estimate of drug-likeness (QED) is 0.687. The molecule has 29 heavy (non-hydrogen) atoms. The largest absolute Gasteiger partial charge is 0.355 e. The Kier molecular flexibility index (Phi) is 4.70. The van der Waals surface area contributed by atoms with E-state index in [-0.39, 0.29) is 5.91 Å². The number of para-hydroxylation sites is 2. The second kappa shape index (κ2) is 7.50. The van der Waals surface area contributed by atoms with Crippen LogP contribution in [0.2, 0.25) is 0 Å². The minimum atomic E-state index is 0.121. The Labute approximate surface area is 171 Å². The predicted molar refractivity (Wildman–Crippen MR) is 114 cm³/mol. The maximum atomic E-state index is 13.1. The third-order valence-electron chi connectivity index (χ3n) is 6.32.